The Hall–Kier alpha value is -1.75. The Bertz CT molecular complexity index is 461. The van der Waals surface area contributed by atoms with Crippen LogP contribution in [0.3, 0.4) is 0 Å². The average Bonchev–Trinajstić information content (AvgIpc) is 2.94. The molecule has 1 atom stereocenters. The van der Waals surface area contributed by atoms with Crippen molar-refractivity contribution in [2.75, 3.05) is 34.4 Å². The third kappa shape index (κ3) is 2.66. The predicted octanol–water partition coefficient (Wildman–Crippen LogP) is 1.56. The molecule has 0 aliphatic carbocycles. The first-order valence-corrected chi connectivity index (χ1v) is 6.24. The third-order valence-electron chi connectivity index (χ3n) is 3.40. The number of benzene rings is 1. The van der Waals surface area contributed by atoms with Gasteiger partial charge in [0.05, 0.1) is 25.9 Å². The summed E-state index contributed by atoms with van der Waals surface area (Å²) in [5.41, 5.74) is 0.526. The highest BCUT2D eigenvalue weighted by atomic mass is 16.5. The first kappa shape index (κ1) is 13.7. The van der Waals surface area contributed by atoms with Gasteiger partial charge in [0.2, 0.25) is 0 Å². The van der Waals surface area contributed by atoms with Crippen LogP contribution in [0.15, 0.2) is 18.2 Å². The van der Waals surface area contributed by atoms with Crippen molar-refractivity contribution in [3.05, 3.63) is 23.8 Å². The Kier molecular flexibility index (Phi) is 4.27. The molecule has 1 aliphatic rings. The minimum Gasteiger partial charge on any atom is -0.493 e. The lowest BCUT2D eigenvalue weighted by molar-refractivity contribution is 0.0720. The number of likely N-dealkylation sites (tertiary alicyclic amines) is 1. The fourth-order valence-corrected chi connectivity index (χ4v) is 2.33. The summed E-state index contributed by atoms with van der Waals surface area (Å²) < 4.78 is 15.8. The largest absolute Gasteiger partial charge is 0.493 e. The highest BCUT2D eigenvalue weighted by molar-refractivity contribution is 5.98. The lowest BCUT2D eigenvalue weighted by Crippen LogP contribution is -2.30. The monoisotopic (exact) mass is 265 g/mol. The number of hydrogen-bond donors (Lipinski definition) is 0. The van der Waals surface area contributed by atoms with Gasteiger partial charge in [-0.25, -0.2) is 0 Å². The van der Waals surface area contributed by atoms with Crippen LogP contribution < -0.4 is 9.47 Å². The molecule has 0 unspecified atom stereocenters. The normalized spacial score (nSPS) is 18.5. The van der Waals surface area contributed by atoms with Gasteiger partial charge in [-0.05, 0) is 18.6 Å². The molecule has 1 heterocycles. The molecule has 0 aromatic heterocycles. The second kappa shape index (κ2) is 5.93. The molecule has 5 heteroatoms. The first-order chi connectivity index (χ1) is 9.21. The van der Waals surface area contributed by atoms with Crippen LogP contribution in [0.25, 0.3) is 0 Å². The first-order valence-electron chi connectivity index (χ1n) is 6.24. The molecule has 2 rings (SSSR count). The molecule has 5 nitrogen and oxygen atoms in total. The fraction of sp³-hybridized carbons (Fsp3) is 0.500. The second-order valence-corrected chi connectivity index (χ2v) is 4.44. The van der Waals surface area contributed by atoms with Crippen LogP contribution in [0.2, 0.25) is 0 Å². The van der Waals surface area contributed by atoms with E-state index in [0.717, 1.165) is 6.42 Å². The zero-order valence-electron chi connectivity index (χ0n) is 11.5. The highest BCUT2D eigenvalue weighted by Crippen LogP contribution is 2.32. The van der Waals surface area contributed by atoms with Crippen molar-refractivity contribution in [2.45, 2.75) is 12.5 Å². The topological polar surface area (TPSA) is 48.0 Å². The van der Waals surface area contributed by atoms with Crippen LogP contribution >= 0.6 is 0 Å². The van der Waals surface area contributed by atoms with E-state index in [1.807, 2.05) is 0 Å². The molecule has 0 saturated carbocycles. The predicted molar refractivity (Wildman–Crippen MR) is 70.9 cm³/mol. The van der Waals surface area contributed by atoms with Crippen LogP contribution in [0.1, 0.15) is 16.8 Å². The molecule has 1 amide bonds. The van der Waals surface area contributed by atoms with Crippen molar-refractivity contribution < 1.29 is 19.0 Å². The van der Waals surface area contributed by atoms with E-state index < -0.39 is 0 Å². The van der Waals surface area contributed by atoms with Crippen molar-refractivity contribution in [2.24, 2.45) is 0 Å². The lowest BCUT2D eigenvalue weighted by atomic mass is 10.1. The summed E-state index contributed by atoms with van der Waals surface area (Å²) in [5, 5.41) is 0. The standard InChI is InChI=1S/C14H19NO4/c1-17-10-7-8-15(9-10)14(16)11-5-4-6-12(18-2)13(11)19-3/h4-6,10H,7-9H2,1-3H3/t10-/m0/s1. The summed E-state index contributed by atoms with van der Waals surface area (Å²) in [6, 6.07) is 5.32. The van der Waals surface area contributed by atoms with Crippen molar-refractivity contribution in [1.29, 1.82) is 0 Å². The van der Waals surface area contributed by atoms with E-state index in [9.17, 15) is 4.79 Å². The molecule has 0 bridgehead atoms. The molecular weight excluding hydrogens is 246 g/mol. The minimum absolute atomic E-state index is 0.0460. The van der Waals surface area contributed by atoms with E-state index in [0.29, 0.717) is 30.2 Å². The van der Waals surface area contributed by atoms with E-state index in [1.165, 1.54) is 7.11 Å². The molecule has 0 N–H and O–H groups in total. The molecular formula is C14H19NO4. The van der Waals surface area contributed by atoms with E-state index in [-0.39, 0.29) is 12.0 Å². The molecule has 1 aromatic rings. The number of carbonyl (C=O) groups excluding carboxylic acids is 1. The molecule has 104 valence electrons. The van der Waals surface area contributed by atoms with Crippen LogP contribution in [0.5, 0.6) is 11.5 Å². The van der Waals surface area contributed by atoms with Crippen LogP contribution in [-0.4, -0.2) is 51.3 Å². The summed E-state index contributed by atoms with van der Waals surface area (Å²) >= 11 is 0. The maximum Gasteiger partial charge on any atom is 0.257 e. The van der Waals surface area contributed by atoms with Crippen LogP contribution in [0.4, 0.5) is 0 Å². The van der Waals surface area contributed by atoms with Gasteiger partial charge >= 0.3 is 0 Å². The average molecular weight is 265 g/mol. The number of carbonyl (C=O) groups is 1. The van der Waals surface area contributed by atoms with E-state index >= 15 is 0 Å². The highest BCUT2D eigenvalue weighted by Gasteiger charge is 2.29. The van der Waals surface area contributed by atoms with Gasteiger partial charge in [-0.15, -0.1) is 0 Å². The summed E-state index contributed by atoms with van der Waals surface area (Å²) in [4.78, 5) is 14.3. The molecule has 1 fully saturated rings. The lowest BCUT2D eigenvalue weighted by Gasteiger charge is -2.18. The zero-order chi connectivity index (χ0) is 13.8. The van der Waals surface area contributed by atoms with Gasteiger partial charge in [0.15, 0.2) is 11.5 Å². The van der Waals surface area contributed by atoms with E-state index in [2.05, 4.69) is 0 Å². The van der Waals surface area contributed by atoms with Gasteiger partial charge < -0.3 is 19.1 Å². The molecule has 19 heavy (non-hydrogen) atoms. The Labute approximate surface area is 113 Å². The number of rotatable bonds is 4. The number of ether oxygens (including phenoxy) is 3. The van der Waals surface area contributed by atoms with Gasteiger partial charge in [0, 0.05) is 20.2 Å². The Morgan fingerprint density at radius 1 is 1.26 bits per heavy atom. The molecule has 1 aliphatic heterocycles. The van der Waals surface area contributed by atoms with Crippen molar-refractivity contribution >= 4 is 5.91 Å². The number of amides is 1. The van der Waals surface area contributed by atoms with Gasteiger partial charge in [-0.2, -0.15) is 0 Å². The minimum atomic E-state index is -0.0460. The maximum absolute atomic E-state index is 12.5. The molecule has 0 spiro atoms. The van der Waals surface area contributed by atoms with Gasteiger partial charge in [0.1, 0.15) is 0 Å². The summed E-state index contributed by atoms with van der Waals surface area (Å²) in [6.45, 7) is 1.33. The van der Waals surface area contributed by atoms with Crippen molar-refractivity contribution in [3.8, 4) is 11.5 Å². The van der Waals surface area contributed by atoms with Crippen molar-refractivity contribution in [3.63, 3.8) is 0 Å². The summed E-state index contributed by atoms with van der Waals surface area (Å²) in [5.74, 6) is 1.00. The number of methoxy groups -OCH3 is 3. The van der Waals surface area contributed by atoms with Gasteiger partial charge in [-0.3, -0.25) is 4.79 Å². The van der Waals surface area contributed by atoms with Crippen LogP contribution in [0, 0.1) is 0 Å². The Morgan fingerprint density at radius 2 is 2.05 bits per heavy atom. The van der Waals surface area contributed by atoms with Crippen molar-refractivity contribution in [1.82, 2.24) is 4.90 Å². The third-order valence-corrected chi connectivity index (χ3v) is 3.40. The molecule has 1 aromatic carbocycles. The van der Waals surface area contributed by atoms with Crippen LogP contribution in [-0.2, 0) is 4.74 Å². The van der Waals surface area contributed by atoms with Gasteiger partial charge in [-0.1, -0.05) is 6.07 Å². The zero-order valence-corrected chi connectivity index (χ0v) is 11.5. The Morgan fingerprint density at radius 3 is 2.63 bits per heavy atom. The fourth-order valence-electron chi connectivity index (χ4n) is 2.33. The quantitative estimate of drug-likeness (QED) is 0.829. The SMILES string of the molecule is COc1cccc(C(=O)N2CC[C@H](OC)C2)c1OC. The summed E-state index contributed by atoms with van der Waals surface area (Å²) in [7, 11) is 4.77. The maximum atomic E-state index is 12.5. The second-order valence-electron chi connectivity index (χ2n) is 4.44. The van der Waals surface area contributed by atoms with E-state index in [1.54, 1.807) is 37.3 Å². The number of nitrogens with zero attached hydrogens (tertiary/aromatic N) is 1. The van der Waals surface area contributed by atoms with E-state index in [4.69, 9.17) is 14.2 Å². The molecule has 1 saturated heterocycles. The summed E-state index contributed by atoms with van der Waals surface area (Å²) in [6.07, 6.45) is 0.995. The number of hydrogen-bond acceptors (Lipinski definition) is 4. The molecule has 0 radical (unpaired) electrons. The smallest absolute Gasteiger partial charge is 0.257 e. The van der Waals surface area contributed by atoms with Gasteiger partial charge in [0.25, 0.3) is 5.91 Å². The Balaban J connectivity index is 2.24. The number of para-hydroxylation sites is 1.